The normalized spacial score (nSPS) is 31.1. The third kappa shape index (κ3) is 2.23. The highest BCUT2D eigenvalue weighted by molar-refractivity contribution is 5.83. The van der Waals surface area contributed by atoms with Crippen LogP contribution in [0, 0.1) is 0 Å². The van der Waals surface area contributed by atoms with Crippen molar-refractivity contribution in [2.24, 2.45) is 4.99 Å². The first-order valence-electron chi connectivity index (χ1n) is 7.02. The van der Waals surface area contributed by atoms with Crippen molar-refractivity contribution >= 4 is 5.71 Å². The molecule has 0 aliphatic heterocycles. The molecule has 0 radical (unpaired) electrons. The van der Waals surface area contributed by atoms with Crippen LogP contribution in [-0.4, -0.2) is 25.5 Å². The van der Waals surface area contributed by atoms with Crippen LogP contribution >= 0.6 is 0 Å². The summed E-state index contributed by atoms with van der Waals surface area (Å²) in [5, 5.41) is 0. The van der Waals surface area contributed by atoms with Crippen LogP contribution in [-0.2, 0) is 16.6 Å². The molecule has 19 heavy (non-hydrogen) atoms. The van der Waals surface area contributed by atoms with Crippen LogP contribution in [0.1, 0.15) is 44.7 Å². The molecular weight excluding hydrogens is 234 g/mol. The minimum absolute atomic E-state index is 0.0137. The van der Waals surface area contributed by atoms with Crippen molar-refractivity contribution in [3.63, 3.8) is 0 Å². The van der Waals surface area contributed by atoms with Gasteiger partial charge in [0.2, 0.25) is 0 Å². The smallest absolute Gasteiger partial charge is 0.0751 e. The number of rotatable bonds is 3. The second kappa shape index (κ2) is 5.09. The highest BCUT2D eigenvalue weighted by Crippen LogP contribution is 2.48. The Hall–Kier alpha value is -1.15. The molecule has 1 unspecified atom stereocenters. The summed E-state index contributed by atoms with van der Waals surface area (Å²) >= 11 is 0. The first kappa shape index (κ1) is 14.3. The Morgan fingerprint density at radius 3 is 2.63 bits per heavy atom. The molecule has 1 aliphatic rings. The summed E-state index contributed by atoms with van der Waals surface area (Å²) in [5.41, 5.74) is 3.92. The van der Waals surface area contributed by atoms with Crippen molar-refractivity contribution in [1.29, 1.82) is 0 Å². The Bertz CT molecular complexity index is 494. The van der Waals surface area contributed by atoms with Crippen LogP contribution in [0.3, 0.4) is 0 Å². The lowest BCUT2D eigenvalue weighted by atomic mass is 9.60. The van der Waals surface area contributed by atoms with Gasteiger partial charge in [-0.1, -0.05) is 31.2 Å². The van der Waals surface area contributed by atoms with Gasteiger partial charge in [0.15, 0.2) is 0 Å². The van der Waals surface area contributed by atoms with E-state index in [-0.39, 0.29) is 11.0 Å². The maximum absolute atomic E-state index is 5.94. The summed E-state index contributed by atoms with van der Waals surface area (Å²) in [4.78, 5) is 4.36. The van der Waals surface area contributed by atoms with Crippen LogP contribution < -0.4 is 0 Å². The summed E-state index contributed by atoms with van der Waals surface area (Å²) < 4.78 is 5.94. The fraction of sp³-hybridized carbons (Fsp3) is 0.588. The lowest BCUT2D eigenvalue weighted by Crippen LogP contribution is -2.53. The van der Waals surface area contributed by atoms with Crippen molar-refractivity contribution in [3.8, 4) is 0 Å². The zero-order valence-corrected chi connectivity index (χ0v) is 12.8. The largest absolute Gasteiger partial charge is 0.378 e. The minimum atomic E-state index is -0.132. The molecule has 2 atom stereocenters. The summed E-state index contributed by atoms with van der Waals surface area (Å²) in [5.74, 6) is 0. The summed E-state index contributed by atoms with van der Waals surface area (Å²) in [6.07, 6.45) is 3.11. The Labute approximate surface area is 116 Å². The van der Waals surface area contributed by atoms with E-state index in [2.05, 4.69) is 50.0 Å². The van der Waals surface area contributed by atoms with Gasteiger partial charge in [0.05, 0.1) is 5.60 Å². The molecule has 1 aromatic carbocycles. The molecule has 0 spiro atoms. The molecule has 104 valence electrons. The molecular formula is C17H25NO. The van der Waals surface area contributed by atoms with E-state index in [4.69, 9.17) is 4.74 Å². The van der Waals surface area contributed by atoms with Crippen molar-refractivity contribution in [1.82, 2.24) is 0 Å². The van der Waals surface area contributed by atoms with Gasteiger partial charge in [0.1, 0.15) is 0 Å². The molecule has 0 bridgehead atoms. The molecule has 0 saturated carbocycles. The van der Waals surface area contributed by atoms with Gasteiger partial charge in [-0.2, -0.15) is 0 Å². The molecule has 0 heterocycles. The van der Waals surface area contributed by atoms with Gasteiger partial charge >= 0.3 is 0 Å². The minimum Gasteiger partial charge on any atom is -0.378 e. The van der Waals surface area contributed by atoms with Crippen molar-refractivity contribution in [2.75, 3.05) is 14.2 Å². The third-order valence-electron chi connectivity index (χ3n) is 5.09. The van der Waals surface area contributed by atoms with E-state index >= 15 is 0 Å². The summed E-state index contributed by atoms with van der Waals surface area (Å²) in [6.45, 7) is 6.67. The predicted molar refractivity (Wildman–Crippen MR) is 81.2 cm³/mol. The number of methoxy groups -OCH3 is 1. The van der Waals surface area contributed by atoms with E-state index in [1.807, 2.05) is 14.2 Å². The molecule has 0 aromatic heterocycles. The lowest BCUT2D eigenvalue weighted by molar-refractivity contribution is -0.0660. The van der Waals surface area contributed by atoms with E-state index in [0.717, 1.165) is 19.3 Å². The molecule has 2 heteroatoms. The fourth-order valence-corrected chi connectivity index (χ4v) is 3.41. The Morgan fingerprint density at radius 2 is 2.00 bits per heavy atom. The first-order chi connectivity index (χ1) is 8.97. The maximum Gasteiger partial charge on any atom is 0.0751 e. The first-order valence-corrected chi connectivity index (χ1v) is 7.02. The van der Waals surface area contributed by atoms with E-state index in [9.17, 15) is 0 Å². The van der Waals surface area contributed by atoms with Crippen molar-refractivity contribution in [2.45, 2.75) is 51.0 Å². The number of aryl methyl sites for hydroxylation is 1. The number of aliphatic imine (C=N–C) groups is 1. The Balaban J connectivity index is 2.55. The molecule has 2 rings (SSSR count). The van der Waals surface area contributed by atoms with E-state index in [1.165, 1.54) is 16.8 Å². The Kier molecular flexibility index (Phi) is 3.82. The second-order valence-electron chi connectivity index (χ2n) is 6.06. The number of nitrogens with zero attached hydrogens (tertiary/aromatic N) is 1. The Morgan fingerprint density at radius 1 is 1.32 bits per heavy atom. The van der Waals surface area contributed by atoms with E-state index in [0.29, 0.717) is 0 Å². The van der Waals surface area contributed by atoms with Crippen LogP contribution in [0.5, 0.6) is 0 Å². The SMILES string of the molecule is C/N=C(/C)C[C@@]1(C)c2ccccc2CCC1(C)OC. The molecule has 0 N–H and O–H groups in total. The summed E-state index contributed by atoms with van der Waals surface area (Å²) in [7, 11) is 3.71. The number of benzene rings is 1. The third-order valence-corrected chi connectivity index (χ3v) is 5.09. The number of hydrogen-bond donors (Lipinski definition) is 0. The van der Waals surface area contributed by atoms with Gasteiger partial charge in [0, 0.05) is 25.3 Å². The average molecular weight is 259 g/mol. The van der Waals surface area contributed by atoms with Crippen molar-refractivity contribution in [3.05, 3.63) is 35.4 Å². The predicted octanol–water partition coefficient (Wildman–Crippen LogP) is 3.78. The molecule has 0 fully saturated rings. The zero-order chi connectivity index (χ0) is 14.1. The second-order valence-corrected chi connectivity index (χ2v) is 6.06. The van der Waals surface area contributed by atoms with Gasteiger partial charge in [-0.15, -0.1) is 0 Å². The number of hydrogen-bond acceptors (Lipinski definition) is 2. The molecule has 1 aliphatic carbocycles. The molecule has 1 aromatic rings. The molecule has 0 saturated heterocycles. The van der Waals surface area contributed by atoms with Gasteiger partial charge in [-0.25, -0.2) is 0 Å². The van der Waals surface area contributed by atoms with Gasteiger partial charge in [0.25, 0.3) is 0 Å². The molecule has 2 nitrogen and oxygen atoms in total. The van der Waals surface area contributed by atoms with Crippen molar-refractivity contribution < 1.29 is 4.74 Å². The fourth-order valence-electron chi connectivity index (χ4n) is 3.41. The summed E-state index contributed by atoms with van der Waals surface area (Å²) in [6, 6.07) is 8.78. The topological polar surface area (TPSA) is 21.6 Å². The standard InChI is InChI=1S/C17H25NO/c1-13(18-4)12-16(2)15-9-7-6-8-14(15)10-11-17(16,3)19-5/h6-9H,10-12H2,1-5H3/b18-13-/t16-,17?/m0/s1. The zero-order valence-electron chi connectivity index (χ0n) is 12.8. The van der Waals surface area contributed by atoms with Crippen LogP contribution in [0.15, 0.2) is 29.3 Å². The van der Waals surface area contributed by atoms with Gasteiger partial charge < -0.3 is 4.74 Å². The molecule has 0 amide bonds. The average Bonchev–Trinajstić information content (AvgIpc) is 2.43. The van der Waals surface area contributed by atoms with Crippen LogP contribution in [0.2, 0.25) is 0 Å². The lowest BCUT2D eigenvalue weighted by Gasteiger charge is -2.50. The van der Waals surface area contributed by atoms with Crippen LogP contribution in [0.4, 0.5) is 0 Å². The monoisotopic (exact) mass is 259 g/mol. The van der Waals surface area contributed by atoms with E-state index < -0.39 is 0 Å². The quantitative estimate of drug-likeness (QED) is 0.757. The van der Waals surface area contributed by atoms with E-state index in [1.54, 1.807) is 0 Å². The number of ether oxygens (including phenoxy) is 1. The van der Waals surface area contributed by atoms with Gasteiger partial charge in [-0.05, 0) is 44.2 Å². The maximum atomic E-state index is 5.94. The van der Waals surface area contributed by atoms with Gasteiger partial charge in [-0.3, -0.25) is 4.99 Å². The number of fused-ring (bicyclic) bond motifs is 1. The highest BCUT2D eigenvalue weighted by Gasteiger charge is 2.49. The highest BCUT2D eigenvalue weighted by atomic mass is 16.5. The van der Waals surface area contributed by atoms with Crippen LogP contribution in [0.25, 0.3) is 0 Å².